The number of likely N-dealkylation sites (tertiary alicyclic amines) is 1. The van der Waals surface area contributed by atoms with E-state index in [0.717, 1.165) is 37.6 Å². The highest BCUT2D eigenvalue weighted by atomic mass is 19.1. The number of aliphatic hydroxyl groups is 2. The molecule has 0 bridgehead atoms. The van der Waals surface area contributed by atoms with Gasteiger partial charge in [0, 0.05) is 37.3 Å². The van der Waals surface area contributed by atoms with Crippen LogP contribution in [-0.2, 0) is 0 Å². The van der Waals surface area contributed by atoms with Gasteiger partial charge in [0.2, 0.25) is 0 Å². The van der Waals surface area contributed by atoms with E-state index >= 15 is 0 Å². The molecule has 1 aliphatic heterocycles. The van der Waals surface area contributed by atoms with E-state index in [9.17, 15) is 19.0 Å². The molecule has 1 heterocycles. The Hall–Kier alpha value is -1.24. The summed E-state index contributed by atoms with van der Waals surface area (Å²) in [4.78, 5) is 2.22. The molecule has 0 amide bonds. The monoisotopic (exact) mass is 341 g/mol. The van der Waals surface area contributed by atoms with Crippen LogP contribution in [-0.4, -0.2) is 52.6 Å². The van der Waals surface area contributed by atoms with Gasteiger partial charge in [0.25, 0.3) is 0 Å². The number of hydrogen-bond donors (Lipinski definition) is 2. The molecule has 3 rings (SSSR count). The predicted octanol–water partition coefficient (Wildman–Crippen LogP) is 2.47. The Kier molecular flexibility index (Phi) is 5.37. The van der Waals surface area contributed by atoms with Crippen molar-refractivity contribution in [3.05, 3.63) is 29.8 Å². The second-order valence-electron chi connectivity index (χ2n) is 7.06. The minimum Gasteiger partial charge on any atom is -0.490 e. The summed E-state index contributed by atoms with van der Waals surface area (Å²) in [5, 5.41) is 21.1. The molecule has 1 saturated heterocycles. The van der Waals surface area contributed by atoms with Gasteiger partial charge >= 0.3 is 0 Å². The zero-order chi connectivity index (χ0) is 17.2. The number of piperidine rings is 1. The minimum absolute atomic E-state index is 0.0166. The Bertz CT molecular complexity index is 545. The first-order chi connectivity index (χ1) is 11.5. The number of β-amino-alcohol motifs (C(OH)–C–C–N with tert-alkyl or cyclic N) is 1. The molecule has 0 aromatic heterocycles. The lowest BCUT2D eigenvalue weighted by molar-refractivity contribution is -0.146. The molecular weight excluding hydrogens is 316 g/mol. The standard InChI is InChI=1S/C18H25F2NO3/c19-13-8-14(20)10-16(9-13)24-12-18(23)11-21(7-6-17(18)22)15-4-2-1-3-5-15/h8-10,15,17,22-23H,1-7,11-12H2/t17-,18-/m0/s1. The van der Waals surface area contributed by atoms with Crippen LogP contribution in [0.5, 0.6) is 5.75 Å². The molecule has 2 N–H and O–H groups in total. The second-order valence-corrected chi connectivity index (χ2v) is 7.06. The topological polar surface area (TPSA) is 52.9 Å². The summed E-state index contributed by atoms with van der Waals surface area (Å²) in [6, 6.07) is 3.34. The number of aliphatic hydroxyl groups excluding tert-OH is 1. The van der Waals surface area contributed by atoms with Gasteiger partial charge < -0.3 is 14.9 Å². The smallest absolute Gasteiger partial charge is 0.137 e. The van der Waals surface area contributed by atoms with Crippen LogP contribution in [0, 0.1) is 11.6 Å². The van der Waals surface area contributed by atoms with Crippen molar-refractivity contribution in [3.8, 4) is 5.75 Å². The summed E-state index contributed by atoms with van der Waals surface area (Å²) in [7, 11) is 0. The van der Waals surface area contributed by atoms with E-state index in [2.05, 4.69) is 4.90 Å². The van der Waals surface area contributed by atoms with Crippen LogP contribution in [0.25, 0.3) is 0 Å². The zero-order valence-corrected chi connectivity index (χ0v) is 13.8. The Balaban J connectivity index is 1.64. The Morgan fingerprint density at radius 1 is 1.08 bits per heavy atom. The summed E-state index contributed by atoms with van der Waals surface area (Å²) >= 11 is 0. The van der Waals surface area contributed by atoms with Gasteiger partial charge in [-0.05, 0) is 19.3 Å². The van der Waals surface area contributed by atoms with Crippen LogP contribution in [0.1, 0.15) is 38.5 Å². The van der Waals surface area contributed by atoms with Crippen molar-refractivity contribution < 1.29 is 23.7 Å². The first kappa shape index (κ1) is 17.6. The Morgan fingerprint density at radius 3 is 2.42 bits per heavy atom. The Labute approximate surface area is 141 Å². The van der Waals surface area contributed by atoms with Crippen molar-refractivity contribution in [2.45, 2.75) is 56.3 Å². The molecule has 0 unspecified atom stereocenters. The number of halogens is 2. The number of benzene rings is 1. The molecule has 1 saturated carbocycles. The lowest BCUT2D eigenvalue weighted by Gasteiger charge is -2.46. The molecule has 2 fully saturated rings. The fraction of sp³-hybridized carbons (Fsp3) is 0.667. The summed E-state index contributed by atoms with van der Waals surface area (Å²) in [5.41, 5.74) is -1.43. The molecule has 1 aromatic rings. The fourth-order valence-corrected chi connectivity index (χ4v) is 3.81. The predicted molar refractivity (Wildman–Crippen MR) is 85.9 cm³/mol. The molecule has 24 heavy (non-hydrogen) atoms. The normalized spacial score (nSPS) is 29.6. The fourth-order valence-electron chi connectivity index (χ4n) is 3.81. The van der Waals surface area contributed by atoms with Crippen LogP contribution >= 0.6 is 0 Å². The van der Waals surface area contributed by atoms with Gasteiger partial charge in [-0.15, -0.1) is 0 Å². The van der Waals surface area contributed by atoms with Gasteiger partial charge in [-0.1, -0.05) is 19.3 Å². The molecule has 0 spiro atoms. The van der Waals surface area contributed by atoms with Gasteiger partial charge in [0.1, 0.15) is 29.6 Å². The van der Waals surface area contributed by atoms with E-state index < -0.39 is 23.3 Å². The maximum absolute atomic E-state index is 13.2. The first-order valence-electron chi connectivity index (χ1n) is 8.70. The molecule has 0 radical (unpaired) electrons. The number of nitrogens with zero attached hydrogens (tertiary/aromatic N) is 1. The van der Waals surface area contributed by atoms with Crippen molar-refractivity contribution in [1.82, 2.24) is 4.90 Å². The number of rotatable bonds is 4. The molecule has 6 heteroatoms. The summed E-state index contributed by atoms with van der Waals surface area (Å²) in [6.45, 7) is 0.875. The van der Waals surface area contributed by atoms with E-state index in [1.54, 1.807) is 0 Å². The SMILES string of the molecule is O[C@H]1CCN(C2CCCCC2)C[C@]1(O)COc1cc(F)cc(F)c1. The highest BCUT2D eigenvalue weighted by Gasteiger charge is 2.43. The van der Waals surface area contributed by atoms with Gasteiger partial charge in [0.15, 0.2) is 0 Å². The Morgan fingerprint density at radius 2 is 1.75 bits per heavy atom. The lowest BCUT2D eigenvalue weighted by Crippen LogP contribution is -2.61. The molecule has 1 aliphatic carbocycles. The molecule has 2 aliphatic rings. The van der Waals surface area contributed by atoms with Crippen LogP contribution in [0.2, 0.25) is 0 Å². The third-order valence-corrected chi connectivity index (χ3v) is 5.20. The lowest BCUT2D eigenvalue weighted by atomic mass is 9.86. The molecule has 1 aromatic carbocycles. The number of ether oxygens (including phenoxy) is 1. The van der Waals surface area contributed by atoms with Crippen molar-refractivity contribution in [2.75, 3.05) is 19.7 Å². The van der Waals surface area contributed by atoms with E-state index in [1.807, 2.05) is 0 Å². The van der Waals surface area contributed by atoms with Gasteiger partial charge in [-0.2, -0.15) is 0 Å². The van der Waals surface area contributed by atoms with Gasteiger partial charge in [0.05, 0.1) is 6.10 Å². The van der Waals surface area contributed by atoms with E-state index in [0.29, 0.717) is 19.0 Å². The average Bonchev–Trinajstić information content (AvgIpc) is 2.56. The third kappa shape index (κ3) is 4.05. The van der Waals surface area contributed by atoms with E-state index in [4.69, 9.17) is 4.74 Å². The van der Waals surface area contributed by atoms with E-state index in [1.165, 1.54) is 19.3 Å². The van der Waals surface area contributed by atoms with E-state index in [-0.39, 0.29) is 12.4 Å². The first-order valence-corrected chi connectivity index (χ1v) is 8.70. The van der Waals surface area contributed by atoms with Crippen molar-refractivity contribution in [1.29, 1.82) is 0 Å². The highest BCUT2D eigenvalue weighted by Crippen LogP contribution is 2.30. The largest absolute Gasteiger partial charge is 0.490 e. The summed E-state index contributed by atoms with van der Waals surface area (Å²) in [6.07, 6.45) is 5.43. The molecule has 4 nitrogen and oxygen atoms in total. The summed E-state index contributed by atoms with van der Waals surface area (Å²) < 4.78 is 31.9. The molecular formula is C18H25F2NO3. The van der Waals surface area contributed by atoms with Crippen LogP contribution in [0.3, 0.4) is 0 Å². The minimum atomic E-state index is -1.43. The van der Waals surface area contributed by atoms with Crippen molar-refractivity contribution in [2.24, 2.45) is 0 Å². The van der Waals surface area contributed by atoms with Crippen molar-refractivity contribution in [3.63, 3.8) is 0 Å². The highest BCUT2D eigenvalue weighted by molar-refractivity contribution is 5.24. The average molecular weight is 341 g/mol. The maximum atomic E-state index is 13.2. The van der Waals surface area contributed by atoms with Crippen LogP contribution < -0.4 is 4.74 Å². The molecule has 134 valence electrons. The quantitative estimate of drug-likeness (QED) is 0.883. The van der Waals surface area contributed by atoms with Crippen LogP contribution in [0.4, 0.5) is 8.78 Å². The number of hydrogen-bond acceptors (Lipinski definition) is 4. The van der Waals surface area contributed by atoms with Crippen molar-refractivity contribution >= 4 is 0 Å². The second kappa shape index (κ2) is 7.33. The third-order valence-electron chi connectivity index (χ3n) is 5.20. The summed E-state index contributed by atoms with van der Waals surface area (Å²) in [5.74, 6) is -1.45. The zero-order valence-electron chi connectivity index (χ0n) is 13.8. The van der Waals surface area contributed by atoms with Gasteiger partial charge in [-0.3, -0.25) is 4.90 Å². The van der Waals surface area contributed by atoms with Crippen LogP contribution in [0.15, 0.2) is 18.2 Å². The molecule has 2 atom stereocenters. The van der Waals surface area contributed by atoms with Gasteiger partial charge in [-0.25, -0.2) is 8.78 Å². The maximum Gasteiger partial charge on any atom is 0.137 e.